The minimum absolute atomic E-state index is 0.181. The van der Waals surface area contributed by atoms with E-state index in [1.807, 2.05) is 36.4 Å². The molecule has 2 aromatic rings. The molecule has 4 heteroatoms. The van der Waals surface area contributed by atoms with E-state index in [9.17, 15) is 4.79 Å². The predicted molar refractivity (Wildman–Crippen MR) is 66.2 cm³/mol. The fraction of sp³-hybridized carbons (Fsp3) is 0.0769. The summed E-state index contributed by atoms with van der Waals surface area (Å²) >= 11 is 0. The number of anilines is 1. The number of oxazole rings is 1. The Kier molecular flexibility index (Phi) is 3.35. The van der Waals surface area contributed by atoms with Crippen molar-refractivity contribution in [3.63, 3.8) is 0 Å². The molecule has 1 aromatic heterocycles. The molecule has 0 atom stereocenters. The zero-order valence-corrected chi connectivity index (χ0v) is 9.38. The van der Waals surface area contributed by atoms with Crippen molar-refractivity contribution >= 4 is 23.9 Å². The smallest absolute Gasteiger partial charge is 0.223 e. The molecule has 2 rings (SSSR count). The number of carbonyl (C=O) groups excluding carboxylic acids is 1. The minimum atomic E-state index is -0.181. The number of hydrogen-bond acceptors (Lipinski definition) is 3. The van der Waals surface area contributed by atoms with E-state index in [0.717, 1.165) is 5.56 Å². The van der Waals surface area contributed by atoms with Crippen LogP contribution in [0.3, 0.4) is 0 Å². The number of carbonyl (C=O) groups is 1. The van der Waals surface area contributed by atoms with Gasteiger partial charge in [0.25, 0.3) is 0 Å². The highest BCUT2D eigenvalue weighted by atomic mass is 16.4. The quantitative estimate of drug-likeness (QED) is 0.878. The van der Waals surface area contributed by atoms with E-state index >= 15 is 0 Å². The summed E-state index contributed by atoms with van der Waals surface area (Å²) in [6, 6.07) is 9.83. The lowest BCUT2D eigenvalue weighted by Gasteiger charge is -1.92. The Bertz CT molecular complexity index is 529. The molecule has 1 N–H and O–H groups in total. The van der Waals surface area contributed by atoms with Gasteiger partial charge >= 0.3 is 0 Å². The first-order valence-electron chi connectivity index (χ1n) is 5.20. The summed E-state index contributed by atoms with van der Waals surface area (Å²) in [7, 11) is 0. The number of nitrogens with zero attached hydrogens (tertiary/aromatic N) is 1. The monoisotopic (exact) mass is 228 g/mol. The Morgan fingerprint density at radius 1 is 1.29 bits per heavy atom. The van der Waals surface area contributed by atoms with Crippen molar-refractivity contribution in [2.45, 2.75) is 6.92 Å². The minimum Gasteiger partial charge on any atom is -0.421 e. The maximum absolute atomic E-state index is 10.8. The van der Waals surface area contributed by atoms with Gasteiger partial charge in [-0.1, -0.05) is 30.3 Å². The van der Waals surface area contributed by atoms with Crippen LogP contribution in [0, 0.1) is 0 Å². The van der Waals surface area contributed by atoms with E-state index in [0.29, 0.717) is 11.8 Å². The third-order valence-electron chi connectivity index (χ3n) is 2.04. The molecule has 0 bridgehead atoms. The van der Waals surface area contributed by atoms with E-state index in [1.165, 1.54) is 13.1 Å². The van der Waals surface area contributed by atoms with Crippen molar-refractivity contribution < 1.29 is 9.21 Å². The molecular weight excluding hydrogens is 216 g/mol. The van der Waals surface area contributed by atoms with Gasteiger partial charge in [-0.15, -0.1) is 0 Å². The standard InChI is InChI=1S/C13H12N2O2/c1-10(16)15-13-9-14-12(17-13)8-7-11-5-3-2-4-6-11/h2-9H,1H3,(H,15,16). The molecule has 86 valence electrons. The molecular formula is C13H12N2O2. The molecule has 0 radical (unpaired) electrons. The van der Waals surface area contributed by atoms with Crippen LogP contribution in [0.4, 0.5) is 5.88 Å². The topological polar surface area (TPSA) is 55.1 Å². The van der Waals surface area contributed by atoms with Crippen LogP contribution < -0.4 is 5.32 Å². The van der Waals surface area contributed by atoms with Crippen LogP contribution in [-0.2, 0) is 4.79 Å². The van der Waals surface area contributed by atoms with Crippen molar-refractivity contribution in [1.29, 1.82) is 0 Å². The Morgan fingerprint density at radius 2 is 2.06 bits per heavy atom. The third-order valence-corrected chi connectivity index (χ3v) is 2.04. The first-order chi connectivity index (χ1) is 8.24. The molecule has 0 saturated heterocycles. The number of hydrogen-bond donors (Lipinski definition) is 1. The van der Waals surface area contributed by atoms with Gasteiger partial charge in [-0.2, -0.15) is 0 Å². The number of rotatable bonds is 3. The molecule has 0 spiro atoms. The fourth-order valence-electron chi connectivity index (χ4n) is 1.33. The summed E-state index contributed by atoms with van der Waals surface area (Å²) in [6.07, 6.45) is 5.12. The molecule has 0 aliphatic heterocycles. The molecule has 0 fully saturated rings. The molecule has 0 aliphatic rings. The Labute approximate surface area is 99.0 Å². The second-order valence-corrected chi connectivity index (χ2v) is 3.49. The van der Waals surface area contributed by atoms with Crippen LogP contribution >= 0.6 is 0 Å². The molecule has 0 unspecified atom stereocenters. The van der Waals surface area contributed by atoms with Crippen LogP contribution in [0.15, 0.2) is 40.9 Å². The van der Waals surface area contributed by atoms with Crippen molar-refractivity contribution in [3.05, 3.63) is 48.0 Å². The van der Waals surface area contributed by atoms with Crippen LogP contribution in [0.25, 0.3) is 12.2 Å². The highest BCUT2D eigenvalue weighted by Crippen LogP contribution is 2.12. The van der Waals surface area contributed by atoms with Crippen molar-refractivity contribution in [1.82, 2.24) is 4.98 Å². The second kappa shape index (κ2) is 5.12. The lowest BCUT2D eigenvalue weighted by atomic mass is 10.2. The van der Waals surface area contributed by atoms with Gasteiger partial charge < -0.3 is 4.42 Å². The van der Waals surface area contributed by atoms with E-state index in [4.69, 9.17) is 4.42 Å². The van der Waals surface area contributed by atoms with Crippen LogP contribution in [0.5, 0.6) is 0 Å². The van der Waals surface area contributed by atoms with Gasteiger partial charge in [-0.05, 0) is 11.6 Å². The second-order valence-electron chi connectivity index (χ2n) is 3.49. The normalized spacial score (nSPS) is 10.6. The summed E-state index contributed by atoms with van der Waals surface area (Å²) in [5.74, 6) is 0.627. The molecule has 1 aromatic carbocycles. The first-order valence-corrected chi connectivity index (χ1v) is 5.20. The molecule has 0 aliphatic carbocycles. The predicted octanol–water partition coefficient (Wildman–Crippen LogP) is 2.80. The number of benzene rings is 1. The largest absolute Gasteiger partial charge is 0.421 e. The van der Waals surface area contributed by atoms with Gasteiger partial charge in [0, 0.05) is 13.0 Å². The summed E-state index contributed by atoms with van der Waals surface area (Å²) in [5, 5.41) is 2.52. The van der Waals surface area contributed by atoms with Crippen molar-refractivity contribution in [3.8, 4) is 0 Å². The third kappa shape index (κ3) is 3.31. The average Bonchev–Trinajstić information content (AvgIpc) is 2.75. The summed E-state index contributed by atoms with van der Waals surface area (Å²) < 4.78 is 5.29. The molecule has 1 amide bonds. The lowest BCUT2D eigenvalue weighted by Crippen LogP contribution is -2.04. The van der Waals surface area contributed by atoms with Gasteiger partial charge in [0.2, 0.25) is 17.7 Å². The molecule has 1 heterocycles. The summed E-state index contributed by atoms with van der Waals surface area (Å²) in [4.78, 5) is 14.8. The summed E-state index contributed by atoms with van der Waals surface area (Å²) in [6.45, 7) is 1.42. The summed E-state index contributed by atoms with van der Waals surface area (Å²) in [5.41, 5.74) is 1.06. The van der Waals surface area contributed by atoms with Crippen molar-refractivity contribution in [2.75, 3.05) is 5.32 Å². The zero-order chi connectivity index (χ0) is 12.1. The zero-order valence-electron chi connectivity index (χ0n) is 9.38. The van der Waals surface area contributed by atoms with Crippen LogP contribution in [0.2, 0.25) is 0 Å². The highest BCUT2D eigenvalue weighted by molar-refractivity contribution is 5.87. The van der Waals surface area contributed by atoms with Crippen LogP contribution in [0.1, 0.15) is 18.4 Å². The maximum Gasteiger partial charge on any atom is 0.223 e. The van der Waals surface area contributed by atoms with Gasteiger partial charge in [-0.3, -0.25) is 10.1 Å². The SMILES string of the molecule is CC(=O)Nc1cnc(C=Cc2ccccc2)o1. The maximum atomic E-state index is 10.8. The Balaban J connectivity index is 2.06. The molecule has 4 nitrogen and oxygen atoms in total. The number of aromatic nitrogens is 1. The fourth-order valence-corrected chi connectivity index (χ4v) is 1.33. The van der Waals surface area contributed by atoms with Gasteiger partial charge in [-0.25, -0.2) is 4.98 Å². The van der Waals surface area contributed by atoms with E-state index in [2.05, 4.69) is 10.3 Å². The van der Waals surface area contributed by atoms with E-state index < -0.39 is 0 Å². The average molecular weight is 228 g/mol. The van der Waals surface area contributed by atoms with E-state index in [-0.39, 0.29) is 5.91 Å². The molecule has 17 heavy (non-hydrogen) atoms. The van der Waals surface area contributed by atoms with E-state index in [1.54, 1.807) is 6.08 Å². The van der Waals surface area contributed by atoms with Crippen LogP contribution in [-0.4, -0.2) is 10.9 Å². The Morgan fingerprint density at radius 3 is 2.76 bits per heavy atom. The van der Waals surface area contributed by atoms with Gasteiger partial charge in [0.05, 0.1) is 6.20 Å². The number of amides is 1. The van der Waals surface area contributed by atoms with Crippen molar-refractivity contribution in [2.24, 2.45) is 0 Å². The Hall–Kier alpha value is -2.36. The first kappa shape index (κ1) is 11.1. The number of nitrogens with one attached hydrogen (secondary N) is 1. The lowest BCUT2D eigenvalue weighted by molar-refractivity contribution is -0.114. The molecule has 0 saturated carbocycles. The highest BCUT2D eigenvalue weighted by Gasteiger charge is 2.01. The van der Waals surface area contributed by atoms with Gasteiger partial charge in [0.1, 0.15) is 0 Å². The van der Waals surface area contributed by atoms with Gasteiger partial charge in [0.15, 0.2) is 0 Å².